The molecule has 1 amide bonds. The van der Waals surface area contributed by atoms with Gasteiger partial charge < -0.3 is 15.2 Å². The van der Waals surface area contributed by atoms with Crippen LogP contribution in [0, 0.1) is 5.92 Å². The minimum absolute atomic E-state index is 0.0810. The average Bonchev–Trinajstić information content (AvgIpc) is 2.61. The second kappa shape index (κ2) is 9.11. The molecule has 1 fully saturated rings. The molecule has 0 aliphatic carbocycles. The molecule has 9 heteroatoms. The zero-order valence-electron chi connectivity index (χ0n) is 14.7. The van der Waals surface area contributed by atoms with Crippen LogP contribution in [0.3, 0.4) is 0 Å². The van der Waals surface area contributed by atoms with Crippen LogP contribution in [0.15, 0.2) is 29.2 Å². The molecule has 0 saturated carbocycles. The third kappa shape index (κ3) is 5.52. The number of nitrogens with one attached hydrogen (secondary N) is 1. The van der Waals surface area contributed by atoms with Gasteiger partial charge in [0.05, 0.1) is 11.5 Å². The third-order valence-corrected chi connectivity index (χ3v) is 6.01. The van der Waals surface area contributed by atoms with E-state index in [-0.39, 0.29) is 24.0 Å². The van der Waals surface area contributed by atoms with Crippen LogP contribution in [0.2, 0.25) is 0 Å². The van der Waals surface area contributed by atoms with Gasteiger partial charge in [-0.3, -0.25) is 4.79 Å². The topological polar surface area (TPSA) is 113 Å². The van der Waals surface area contributed by atoms with E-state index in [0.717, 1.165) is 12.8 Å². The Morgan fingerprint density at radius 1 is 1.31 bits per heavy atom. The van der Waals surface area contributed by atoms with Gasteiger partial charge in [0.25, 0.3) is 5.91 Å². The summed E-state index contributed by atoms with van der Waals surface area (Å²) in [5.74, 6) is -1.11. The largest absolute Gasteiger partial charge is 0.480 e. The Kier molecular flexibility index (Phi) is 7.13. The SMILES string of the molecule is CC1CCCN(S(=O)(=O)c2ccc(C(=O)NCCOCC(=O)O)cc2)C1. The molecule has 1 aliphatic rings. The molecule has 1 unspecified atom stereocenters. The smallest absolute Gasteiger partial charge is 0.329 e. The van der Waals surface area contributed by atoms with Gasteiger partial charge in [0, 0.05) is 25.2 Å². The number of amides is 1. The molecule has 1 aromatic rings. The molecule has 1 aliphatic heterocycles. The van der Waals surface area contributed by atoms with Gasteiger partial charge in [0.15, 0.2) is 0 Å². The highest BCUT2D eigenvalue weighted by atomic mass is 32.2. The van der Waals surface area contributed by atoms with Crippen molar-refractivity contribution in [3.05, 3.63) is 29.8 Å². The van der Waals surface area contributed by atoms with Crippen molar-refractivity contribution in [1.82, 2.24) is 9.62 Å². The van der Waals surface area contributed by atoms with E-state index in [0.29, 0.717) is 24.6 Å². The van der Waals surface area contributed by atoms with Crippen LogP contribution >= 0.6 is 0 Å². The summed E-state index contributed by atoms with van der Waals surface area (Å²) in [5, 5.41) is 11.0. The molecule has 1 atom stereocenters. The Labute approximate surface area is 153 Å². The van der Waals surface area contributed by atoms with Gasteiger partial charge in [-0.2, -0.15) is 4.31 Å². The lowest BCUT2D eigenvalue weighted by molar-refractivity contribution is -0.142. The predicted molar refractivity (Wildman–Crippen MR) is 94.4 cm³/mol. The maximum Gasteiger partial charge on any atom is 0.329 e. The highest BCUT2D eigenvalue weighted by Crippen LogP contribution is 2.23. The maximum absolute atomic E-state index is 12.7. The number of carbonyl (C=O) groups is 2. The Morgan fingerprint density at radius 3 is 2.62 bits per heavy atom. The van der Waals surface area contributed by atoms with Gasteiger partial charge in [-0.05, 0) is 43.0 Å². The molecular formula is C17H24N2O6S. The number of aliphatic carboxylic acids is 1. The first-order valence-electron chi connectivity index (χ1n) is 8.48. The fourth-order valence-corrected chi connectivity index (χ4v) is 4.39. The molecule has 0 spiro atoms. The van der Waals surface area contributed by atoms with Gasteiger partial charge in [-0.1, -0.05) is 6.92 Å². The maximum atomic E-state index is 12.7. The van der Waals surface area contributed by atoms with Crippen LogP contribution in [-0.2, 0) is 19.6 Å². The monoisotopic (exact) mass is 384 g/mol. The lowest BCUT2D eigenvalue weighted by Crippen LogP contribution is -2.39. The first kappa shape index (κ1) is 20.3. The van der Waals surface area contributed by atoms with Crippen molar-refractivity contribution in [3.8, 4) is 0 Å². The van der Waals surface area contributed by atoms with E-state index >= 15 is 0 Å². The molecule has 0 radical (unpaired) electrons. The first-order valence-corrected chi connectivity index (χ1v) is 9.92. The van der Waals surface area contributed by atoms with Gasteiger partial charge in [-0.25, -0.2) is 13.2 Å². The van der Waals surface area contributed by atoms with Crippen molar-refractivity contribution in [2.45, 2.75) is 24.7 Å². The molecule has 2 rings (SSSR count). The number of sulfonamides is 1. The van der Waals surface area contributed by atoms with Crippen molar-refractivity contribution in [2.24, 2.45) is 5.92 Å². The Morgan fingerprint density at radius 2 is 2.00 bits per heavy atom. The lowest BCUT2D eigenvalue weighted by atomic mass is 10.0. The average molecular weight is 384 g/mol. The molecule has 2 N–H and O–H groups in total. The van der Waals surface area contributed by atoms with Crippen LogP contribution in [0.5, 0.6) is 0 Å². The van der Waals surface area contributed by atoms with Crippen molar-refractivity contribution >= 4 is 21.9 Å². The molecule has 8 nitrogen and oxygen atoms in total. The normalized spacial score (nSPS) is 18.4. The molecular weight excluding hydrogens is 360 g/mol. The summed E-state index contributed by atoms with van der Waals surface area (Å²) in [6.07, 6.45) is 1.88. The standard InChI is InChI=1S/C17H24N2O6S/c1-13-3-2-9-19(11-13)26(23,24)15-6-4-14(5-7-15)17(22)18-8-10-25-12-16(20)21/h4-7,13H,2-3,8-12H2,1H3,(H,18,22)(H,20,21). The Bertz CT molecular complexity index is 732. The molecule has 26 heavy (non-hydrogen) atoms. The number of rotatable bonds is 8. The van der Waals surface area contributed by atoms with Gasteiger partial charge in [0.2, 0.25) is 10.0 Å². The van der Waals surface area contributed by atoms with E-state index in [9.17, 15) is 18.0 Å². The van der Waals surface area contributed by atoms with Gasteiger partial charge >= 0.3 is 5.97 Å². The van der Waals surface area contributed by atoms with E-state index in [1.54, 1.807) is 0 Å². The van der Waals surface area contributed by atoms with Crippen LogP contribution < -0.4 is 5.32 Å². The molecule has 144 valence electrons. The molecule has 0 aromatic heterocycles. The van der Waals surface area contributed by atoms with E-state index in [1.165, 1.54) is 28.6 Å². The summed E-state index contributed by atoms with van der Waals surface area (Å²) < 4.78 is 31.7. The van der Waals surface area contributed by atoms with E-state index < -0.39 is 22.6 Å². The summed E-state index contributed by atoms with van der Waals surface area (Å²) in [6, 6.07) is 5.80. The number of carboxylic acid groups (broad SMARTS) is 1. The third-order valence-electron chi connectivity index (χ3n) is 4.13. The number of piperidine rings is 1. The summed E-state index contributed by atoms with van der Waals surface area (Å²) >= 11 is 0. The number of hydrogen-bond acceptors (Lipinski definition) is 5. The number of benzene rings is 1. The van der Waals surface area contributed by atoms with E-state index in [2.05, 4.69) is 5.32 Å². The highest BCUT2D eigenvalue weighted by Gasteiger charge is 2.28. The summed E-state index contributed by atoms with van der Waals surface area (Å²) in [7, 11) is -3.54. The second-order valence-corrected chi connectivity index (χ2v) is 8.27. The minimum Gasteiger partial charge on any atom is -0.480 e. The van der Waals surface area contributed by atoms with Gasteiger partial charge in [-0.15, -0.1) is 0 Å². The summed E-state index contributed by atoms with van der Waals surface area (Å²) in [4.78, 5) is 22.5. The fourth-order valence-electron chi connectivity index (χ4n) is 2.79. The molecule has 1 aromatic carbocycles. The fraction of sp³-hybridized carbons (Fsp3) is 0.529. The molecule has 0 bridgehead atoms. The zero-order valence-corrected chi connectivity index (χ0v) is 15.5. The second-order valence-electron chi connectivity index (χ2n) is 6.34. The quantitative estimate of drug-likeness (QED) is 0.645. The minimum atomic E-state index is -3.54. The van der Waals surface area contributed by atoms with Gasteiger partial charge in [0.1, 0.15) is 6.61 Å². The van der Waals surface area contributed by atoms with E-state index in [1.807, 2.05) is 6.92 Å². The number of nitrogens with zero attached hydrogens (tertiary/aromatic N) is 1. The number of ether oxygens (including phenoxy) is 1. The predicted octanol–water partition coefficient (Wildman–Crippen LogP) is 0.938. The number of carbonyl (C=O) groups excluding carboxylic acids is 1. The molecule has 1 heterocycles. The lowest BCUT2D eigenvalue weighted by Gasteiger charge is -2.30. The van der Waals surface area contributed by atoms with Crippen molar-refractivity contribution in [2.75, 3.05) is 32.8 Å². The van der Waals surface area contributed by atoms with Crippen LogP contribution in [0.1, 0.15) is 30.1 Å². The summed E-state index contributed by atoms with van der Waals surface area (Å²) in [6.45, 7) is 2.90. The Hall–Kier alpha value is -1.97. The summed E-state index contributed by atoms with van der Waals surface area (Å²) in [5.41, 5.74) is 0.328. The molecule has 1 saturated heterocycles. The van der Waals surface area contributed by atoms with Crippen molar-refractivity contribution < 1.29 is 27.9 Å². The number of carboxylic acids is 1. The highest BCUT2D eigenvalue weighted by molar-refractivity contribution is 7.89. The first-order chi connectivity index (χ1) is 12.3. The van der Waals surface area contributed by atoms with Crippen LogP contribution in [0.25, 0.3) is 0 Å². The Balaban J connectivity index is 1.92. The van der Waals surface area contributed by atoms with E-state index in [4.69, 9.17) is 9.84 Å². The van der Waals surface area contributed by atoms with Crippen LogP contribution in [-0.4, -0.2) is 62.6 Å². The van der Waals surface area contributed by atoms with Crippen LogP contribution in [0.4, 0.5) is 0 Å². The zero-order chi connectivity index (χ0) is 19.2. The van der Waals surface area contributed by atoms with Crippen molar-refractivity contribution in [1.29, 1.82) is 0 Å². The van der Waals surface area contributed by atoms with Crippen molar-refractivity contribution in [3.63, 3.8) is 0 Å². The number of hydrogen-bond donors (Lipinski definition) is 2.